The minimum absolute atomic E-state index is 0.226. The Morgan fingerprint density at radius 3 is 2.90 bits per heavy atom. The molecule has 1 aromatic rings. The Bertz CT molecular complexity index is 527. The molecule has 0 aromatic heterocycles. The predicted molar refractivity (Wildman–Crippen MR) is 85.4 cm³/mol. The number of benzene rings is 1. The van der Waals surface area contributed by atoms with Gasteiger partial charge in [0.05, 0.1) is 5.54 Å². The zero-order valence-electron chi connectivity index (χ0n) is 12.8. The Hall–Kier alpha value is -1.55. The summed E-state index contributed by atoms with van der Waals surface area (Å²) in [6, 6.07) is 9.09. The molecule has 1 atom stereocenters. The molecular formula is C17H25N3O. The van der Waals surface area contributed by atoms with Gasteiger partial charge in [0.25, 0.3) is 0 Å². The third kappa shape index (κ3) is 3.21. The first-order chi connectivity index (χ1) is 10.1. The van der Waals surface area contributed by atoms with Gasteiger partial charge >= 0.3 is 0 Å². The lowest BCUT2D eigenvalue weighted by molar-refractivity contribution is -0.124. The number of nitrogens with zero attached hydrogens (tertiary/aromatic N) is 1. The second-order valence-corrected chi connectivity index (χ2v) is 6.58. The van der Waals surface area contributed by atoms with E-state index in [9.17, 15) is 4.79 Å². The average Bonchev–Trinajstić information content (AvgIpc) is 3.17. The van der Waals surface area contributed by atoms with Crippen molar-refractivity contribution in [2.45, 2.75) is 50.6 Å². The highest BCUT2D eigenvalue weighted by molar-refractivity contribution is 5.84. The molecule has 1 fully saturated rings. The van der Waals surface area contributed by atoms with Gasteiger partial charge in [-0.15, -0.1) is 0 Å². The number of fused-ring (bicyclic) bond motifs is 1. The van der Waals surface area contributed by atoms with Gasteiger partial charge in [-0.05, 0) is 50.7 Å². The summed E-state index contributed by atoms with van der Waals surface area (Å²) in [5, 5.41) is 3.42. The maximum absolute atomic E-state index is 11.8. The first-order valence-corrected chi connectivity index (χ1v) is 7.99. The Balaban J connectivity index is 1.54. The minimum Gasteiger partial charge on any atom is -0.371 e. The van der Waals surface area contributed by atoms with Gasteiger partial charge in [0, 0.05) is 24.8 Å². The SMILES string of the molecule is CC(CCCN1CCc2ccccc21)(NC1CC1)C(N)=O. The third-order valence-electron chi connectivity index (χ3n) is 4.73. The van der Waals surface area contributed by atoms with E-state index in [-0.39, 0.29) is 5.91 Å². The molecule has 1 aliphatic carbocycles. The number of hydrogen-bond donors (Lipinski definition) is 2. The van der Waals surface area contributed by atoms with Gasteiger partial charge in [0.2, 0.25) is 5.91 Å². The number of carbonyl (C=O) groups excluding carboxylic acids is 1. The van der Waals surface area contributed by atoms with E-state index in [2.05, 4.69) is 34.5 Å². The molecule has 0 saturated heterocycles. The summed E-state index contributed by atoms with van der Waals surface area (Å²) in [7, 11) is 0. The molecule has 1 heterocycles. The fraction of sp³-hybridized carbons (Fsp3) is 0.588. The highest BCUT2D eigenvalue weighted by atomic mass is 16.1. The predicted octanol–water partition coefficient (Wildman–Crippen LogP) is 1.83. The molecule has 1 aromatic carbocycles. The summed E-state index contributed by atoms with van der Waals surface area (Å²) in [5.74, 6) is -0.226. The van der Waals surface area contributed by atoms with E-state index in [0.29, 0.717) is 6.04 Å². The van der Waals surface area contributed by atoms with Crippen LogP contribution in [-0.4, -0.2) is 30.6 Å². The maximum Gasteiger partial charge on any atom is 0.237 e. The van der Waals surface area contributed by atoms with Crippen molar-refractivity contribution in [1.82, 2.24) is 5.32 Å². The summed E-state index contributed by atoms with van der Waals surface area (Å²) < 4.78 is 0. The van der Waals surface area contributed by atoms with Crippen LogP contribution >= 0.6 is 0 Å². The van der Waals surface area contributed by atoms with Gasteiger partial charge in [-0.25, -0.2) is 0 Å². The van der Waals surface area contributed by atoms with Crippen molar-refractivity contribution < 1.29 is 4.79 Å². The number of anilines is 1. The highest BCUT2D eigenvalue weighted by Crippen LogP contribution is 2.29. The summed E-state index contributed by atoms with van der Waals surface area (Å²) in [6.07, 6.45) is 5.25. The lowest BCUT2D eigenvalue weighted by Crippen LogP contribution is -2.54. The Morgan fingerprint density at radius 2 is 2.19 bits per heavy atom. The number of primary amides is 1. The molecule has 1 saturated carbocycles. The van der Waals surface area contributed by atoms with Gasteiger partial charge in [0.1, 0.15) is 0 Å². The van der Waals surface area contributed by atoms with Crippen LogP contribution in [-0.2, 0) is 11.2 Å². The van der Waals surface area contributed by atoms with E-state index in [4.69, 9.17) is 5.73 Å². The smallest absolute Gasteiger partial charge is 0.237 e. The number of rotatable bonds is 7. The summed E-state index contributed by atoms with van der Waals surface area (Å²) in [5.41, 5.74) is 7.84. The van der Waals surface area contributed by atoms with Gasteiger partial charge in [-0.3, -0.25) is 4.79 Å². The second-order valence-electron chi connectivity index (χ2n) is 6.58. The van der Waals surface area contributed by atoms with Crippen LogP contribution in [0.1, 0.15) is 38.2 Å². The molecule has 0 spiro atoms. The quantitative estimate of drug-likeness (QED) is 0.804. The topological polar surface area (TPSA) is 58.4 Å². The molecule has 0 bridgehead atoms. The maximum atomic E-state index is 11.8. The molecule has 3 rings (SSSR count). The molecule has 1 amide bonds. The highest BCUT2D eigenvalue weighted by Gasteiger charge is 2.36. The van der Waals surface area contributed by atoms with Gasteiger partial charge in [-0.1, -0.05) is 18.2 Å². The fourth-order valence-corrected chi connectivity index (χ4v) is 3.21. The van der Waals surface area contributed by atoms with Crippen molar-refractivity contribution in [3.05, 3.63) is 29.8 Å². The fourth-order valence-electron chi connectivity index (χ4n) is 3.21. The molecule has 0 radical (unpaired) electrons. The first-order valence-electron chi connectivity index (χ1n) is 7.99. The number of para-hydroxylation sites is 1. The van der Waals surface area contributed by atoms with Gasteiger partial charge in [-0.2, -0.15) is 0 Å². The molecule has 3 N–H and O–H groups in total. The molecule has 114 valence electrons. The van der Waals surface area contributed by atoms with E-state index in [1.807, 2.05) is 6.92 Å². The van der Waals surface area contributed by atoms with E-state index in [1.165, 1.54) is 24.1 Å². The Morgan fingerprint density at radius 1 is 1.43 bits per heavy atom. The zero-order valence-corrected chi connectivity index (χ0v) is 12.8. The molecular weight excluding hydrogens is 262 g/mol. The molecule has 4 heteroatoms. The van der Waals surface area contributed by atoms with Crippen LogP contribution in [0.2, 0.25) is 0 Å². The standard InChI is InChI=1S/C17H25N3O/c1-17(16(18)21,19-14-7-8-14)10-4-11-20-12-9-13-5-2-3-6-15(13)20/h2-3,5-6,14,19H,4,7-12H2,1H3,(H2,18,21). The van der Waals surface area contributed by atoms with Crippen LogP contribution in [0, 0.1) is 0 Å². The van der Waals surface area contributed by atoms with Crippen molar-refractivity contribution in [3.63, 3.8) is 0 Å². The summed E-state index contributed by atoms with van der Waals surface area (Å²) in [4.78, 5) is 14.2. The lowest BCUT2D eigenvalue weighted by atomic mass is 9.94. The number of nitrogens with two attached hydrogens (primary N) is 1. The van der Waals surface area contributed by atoms with Crippen molar-refractivity contribution in [3.8, 4) is 0 Å². The van der Waals surface area contributed by atoms with Crippen LogP contribution in [0.25, 0.3) is 0 Å². The molecule has 2 aliphatic rings. The van der Waals surface area contributed by atoms with E-state index >= 15 is 0 Å². The number of nitrogens with one attached hydrogen (secondary N) is 1. The largest absolute Gasteiger partial charge is 0.371 e. The second kappa shape index (κ2) is 5.68. The monoisotopic (exact) mass is 287 g/mol. The first kappa shape index (κ1) is 14.4. The number of carbonyl (C=O) groups is 1. The minimum atomic E-state index is -0.555. The molecule has 1 aliphatic heterocycles. The molecule has 4 nitrogen and oxygen atoms in total. The van der Waals surface area contributed by atoms with Crippen molar-refractivity contribution in [2.75, 3.05) is 18.0 Å². The lowest BCUT2D eigenvalue weighted by Gasteiger charge is -2.29. The van der Waals surface area contributed by atoms with Gasteiger partial charge < -0.3 is 16.0 Å². The van der Waals surface area contributed by atoms with Crippen LogP contribution < -0.4 is 16.0 Å². The van der Waals surface area contributed by atoms with Crippen LogP contribution in [0.15, 0.2) is 24.3 Å². The van der Waals surface area contributed by atoms with E-state index in [0.717, 1.165) is 32.4 Å². The summed E-state index contributed by atoms with van der Waals surface area (Å²) in [6.45, 7) is 4.03. The Kier molecular flexibility index (Phi) is 3.89. The normalized spacial score (nSPS) is 20.1. The van der Waals surface area contributed by atoms with Gasteiger partial charge in [0.15, 0.2) is 0 Å². The van der Waals surface area contributed by atoms with Crippen molar-refractivity contribution in [1.29, 1.82) is 0 Å². The van der Waals surface area contributed by atoms with Crippen LogP contribution in [0.5, 0.6) is 0 Å². The number of hydrogen-bond acceptors (Lipinski definition) is 3. The summed E-state index contributed by atoms with van der Waals surface area (Å²) >= 11 is 0. The third-order valence-corrected chi connectivity index (χ3v) is 4.73. The van der Waals surface area contributed by atoms with E-state index < -0.39 is 5.54 Å². The average molecular weight is 287 g/mol. The van der Waals surface area contributed by atoms with E-state index in [1.54, 1.807) is 0 Å². The van der Waals surface area contributed by atoms with Crippen LogP contribution in [0.4, 0.5) is 5.69 Å². The van der Waals surface area contributed by atoms with Crippen LogP contribution in [0.3, 0.4) is 0 Å². The number of amides is 1. The van der Waals surface area contributed by atoms with Crippen molar-refractivity contribution in [2.24, 2.45) is 5.73 Å². The van der Waals surface area contributed by atoms with Crippen molar-refractivity contribution >= 4 is 11.6 Å². The molecule has 21 heavy (non-hydrogen) atoms. The Labute approximate surface area is 126 Å². The zero-order chi connectivity index (χ0) is 14.9. The molecule has 1 unspecified atom stereocenters.